The number of hydrogen-bond acceptors (Lipinski definition) is 2. The Morgan fingerprint density at radius 3 is 2.75 bits per heavy atom. The fourth-order valence-corrected chi connectivity index (χ4v) is 0.996. The quantitative estimate of drug-likeness (QED) is 0.409. The zero-order chi connectivity index (χ0) is 9.14. The summed E-state index contributed by atoms with van der Waals surface area (Å²) in [5, 5.41) is 11.6. The highest BCUT2D eigenvalue weighted by Crippen LogP contribution is 2.14. The van der Waals surface area contributed by atoms with Gasteiger partial charge in [0.25, 0.3) is 0 Å². The summed E-state index contributed by atoms with van der Waals surface area (Å²) < 4.78 is 13.0. The molecule has 0 atom stereocenters. The fraction of sp³-hybridized carbons (Fsp3) is 0.125. The molecule has 0 aromatic heterocycles. The molecule has 4 heteroatoms. The van der Waals surface area contributed by atoms with Crippen molar-refractivity contribution in [1.82, 2.24) is 0 Å². The van der Waals surface area contributed by atoms with E-state index in [1.54, 1.807) is 0 Å². The van der Waals surface area contributed by atoms with Crippen molar-refractivity contribution >= 4 is 17.3 Å². The molecule has 1 aromatic carbocycles. The number of oxime groups is 1. The van der Waals surface area contributed by atoms with Crippen LogP contribution in [0.25, 0.3) is 0 Å². The molecular weight excluding hydrogens is 181 g/mol. The molecule has 12 heavy (non-hydrogen) atoms. The molecule has 64 valence electrons. The Kier molecular flexibility index (Phi) is 2.65. The number of halogens is 2. The zero-order valence-electron chi connectivity index (χ0n) is 6.38. The molecule has 0 aliphatic rings. The van der Waals surface area contributed by atoms with E-state index in [-0.39, 0.29) is 11.3 Å². The van der Waals surface area contributed by atoms with Crippen LogP contribution in [0.4, 0.5) is 4.39 Å². The van der Waals surface area contributed by atoms with Gasteiger partial charge in [-0.05, 0) is 25.1 Å². The lowest BCUT2D eigenvalue weighted by atomic mass is 10.1. The van der Waals surface area contributed by atoms with Gasteiger partial charge in [-0.1, -0.05) is 16.8 Å². The van der Waals surface area contributed by atoms with Crippen molar-refractivity contribution in [2.24, 2.45) is 5.16 Å². The van der Waals surface area contributed by atoms with Crippen LogP contribution in [0.3, 0.4) is 0 Å². The van der Waals surface area contributed by atoms with Gasteiger partial charge in [0, 0.05) is 10.6 Å². The predicted molar refractivity (Wildman–Crippen MR) is 45.4 cm³/mol. The van der Waals surface area contributed by atoms with Gasteiger partial charge in [0.15, 0.2) is 0 Å². The SMILES string of the molecule is C/C(=N/O)c1ccc(Cl)cc1F. The lowest BCUT2D eigenvalue weighted by molar-refractivity contribution is 0.319. The topological polar surface area (TPSA) is 32.6 Å². The lowest BCUT2D eigenvalue weighted by Crippen LogP contribution is -1.97. The average molecular weight is 188 g/mol. The van der Waals surface area contributed by atoms with Gasteiger partial charge in [0.1, 0.15) is 5.82 Å². The normalized spacial score (nSPS) is 11.8. The monoisotopic (exact) mass is 187 g/mol. The van der Waals surface area contributed by atoms with Gasteiger partial charge in [-0.3, -0.25) is 0 Å². The van der Waals surface area contributed by atoms with Gasteiger partial charge in [-0.15, -0.1) is 0 Å². The Balaban J connectivity index is 3.18. The van der Waals surface area contributed by atoms with Crippen LogP contribution in [0, 0.1) is 5.82 Å². The number of hydrogen-bond donors (Lipinski definition) is 1. The van der Waals surface area contributed by atoms with Crippen LogP contribution < -0.4 is 0 Å². The van der Waals surface area contributed by atoms with Gasteiger partial charge in [0.05, 0.1) is 5.71 Å². The Morgan fingerprint density at radius 2 is 2.25 bits per heavy atom. The maximum atomic E-state index is 13.0. The van der Waals surface area contributed by atoms with Crippen molar-refractivity contribution in [3.05, 3.63) is 34.6 Å². The van der Waals surface area contributed by atoms with Crippen molar-refractivity contribution < 1.29 is 9.60 Å². The third-order valence-corrected chi connectivity index (χ3v) is 1.71. The van der Waals surface area contributed by atoms with Gasteiger partial charge in [-0.2, -0.15) is 0 Å². The first kappa shape index (κ1) is 9.00. The van der Waals surface area contributed by atoms with E-state index in [0.717, 1.165) is 0 Å². The van der Waals surface area contributed by atoms with Gasteiger partial charge in [0.2, 0.25) is 0 Å². The van der Waals surface area contributed by atoms with E-state index in [1.165, 1.54) is 25.1 Å². The molecule has 0 spiro atoms. The minimum Gasteiger partial charge on any atom is -0.411 e. The van der Waals surface area contributed by atoms with Gasteiger partial charge in [-0.25, -0.2) is 4.39 Å². The molecule has 1 N–H and O–H groups in total. The summed E-state index contributed by atoms with van der Waals surface area (Å²) in [4.78, 5) is 0. The second kappa shape index (κ2) is 3.54. The Labute approximate surface area is 74.3 Å². The third kappa shape index (κ3) is 1.74. The van der Waals surface area contributed by atoms with Crippen molar-refractivity contribution in [1.29, 1.82) is 0 Å². The van der Waals surface area contributed by atoms with Crippen LogP contribution in [0.15, 0.2) is 23.4 Å². The molecule has 2 nitrogen and oxygen atoms in total. The Morgan fingerprint density at radius 1 is 1.58 bits per heavy atom. The molecule has 0 radical (unpaired) electrons. The van der Waals surface area contributed by atoms with Gasteiger partial charge >= 0.3 is 0 Å². The number of rotatable bonds is 1. The molecule has 0 saturated heterocycles. The highest BCUT2D eigenvalue weighted by atomic mass is 35.5. The first-order valence-electron chi connectivity index (χ1n) is 3.29. The summed E-state index contributed by atoms with van der Waals surface area (Å²) in [6.07, 6.45) is 0. The van der Waals surface area contributed by atoms with E-state index >= 15 is 0 Å². The van der Waals surface area contributed by atoms with E-state index in [0.29, 0.717) is 5.02 Å². The van der Waals surface area contributed by atoms with Gasteiger partial charge < -0.3 is 5.21 Å². The molecule has 1 rings (SSSR count). The van der Waals surface area contributed by atoms with E-state index in [9.17, 15) is 4.39 Å². The number of nitrogens with zero attached hydrogens (tertiary/aromatic N) is 1. The average Bonchev–Trinajstić information content (AvgIpc) is 2.03. The number of benzene rings is 1. The maximum Gasteiger partial charge on any atom is 0.133 e. The molecule has 0 unspecified atom stereocenters. The molecule has 1 aromatic rings. The zero-order valence-corrected chi connectivity index (χ0v) is 7.14. The molecule has 0 aliphatic carbocycles. The molecule has 0 bridgehead atoms. The van der Waals surface area contributed by atoms with Crippen molar-refractivity contribution in [2.45, 2.75) is 6.92 Å². The Bertz CT molecular complexity index is 325. The molecule has 0 heterocycles. The fourth-order valence-electron chi connectivity index (χ4n) is 0.837. The standard InChI is InChI=1S/C8H7ClFNO/c1-5(11-12)7-3-2-6(9)4-8(7)10/h2-4,12H,1H3/b11-5-. The van der Waals surface area contributed by atoms with E-state index in [1.807, 2.05) is 0 Å². The first-order chi connectivity index (χ1) is 5.65. The minimum atomic E-state index is -0.488. The third-order valence-electron chi connectivity index (χ3n) is 1.47. The van der Waals surface area contributed by atoms with Crippen molar-refractivity contribution in [2.75, 3.05) is 0 Å². The predicted octanol–water partition coefficient (Wildman–Crippen LogP) is 2.68. The van der Waals surface area contributed by atoms with Crippen LogP contribution in [-0.4, -0.2) is 10.9 Å². The lowest BCUT2D eigenvalue weighted by Gasteiger charge is -1.99. The Hall–Kier alpha value is -1.09. The second-order valence-electron chi connectivity index (χ2n) is 2.31. The summed E-state index contributed by atoms with van der Waals surface area (Å²) in [5.74, 6) is -0.488. The van der Waals surface area contributed by atoms with E-state index in [2.05, 4.69) is 5.16 Å². The smallest absolute Gasteiger partial charge is 0.133 e. The maximum absolute atomic E-state index is 13.0. The van der Waals surface area contributed by atoms with Crippen LogP contribution in [0.2, 0.25) is 5.02 Å². The summed E-state index contributed by atoms with van der Waals surface area (Å²) in [6.45, 7) is 1.51. The largest absolute Gasteiger partial charge is 0.411 e. The van der Waals surface area contributed by atoms with Crippen LogP contribution in [0.5, 0.6) is 0 Å². The highest BCUT2D eigenvalue weighted by Gasteiger charge is 2.05. The van der Waals surface area contributed by atoms with Crippen molar-refractivity contribution in [3.8, 4) is 0 Å². The molecule has 0 saturated carbocycles. The van der Waals surface area contributed by atoms with Crippen LogP contribution in [-0.2, 0) is 0 Å². The summed E-state index contributed by atoms with van der Waals surface area (Å²) in [5.41, 5.74) is 0.478. The van der Waals surface area contributed by atoms with Crippen LogP contribution >= 0.6 is 11.6 Å². The molecule has 0 aliphatic heterocycles. The highest BCUT2D eigenvalue weighted by molar-refractivity contribution is 6.30. The molecule has 0 fully saturated rings. The minimum absolute atomic E-state index is 0.226. The first-order valence-corrected chi connectivity index (χ1v) is 3.67. The summed E-state index contributed by atoms with van der Waals surface area (Å²) in [6, 6.07) is 4.17. The van der Waals surface area contributed by atoms with Crippen molar-refractivity contribution in [3.63, 3.8) is 0 Å². The summed E-state index contributed by atoms with van der Waals surface area (Å²) in [7, 11) is 0. The van der Waals surface area contributed by atoms with Crippen LogP contribution in [0.1, 0.15) is 12.5 Å². The van der Waals surface area contributed by atoms with E-state index < -0.39 is 5.82 Å². The second-order valence-corrected chi connectivity index (χ2v) is 2.75. The summed E-state index contributed by atoms with van der Waals surface area (Å²) >= 11 is 5.52. The molecule has 0 amide bonds. The van der Waals surface area contributed by atoms with E-state index in [4.69, 9.17) is 16.8 Å². The molecular formula is C8H7ClFNO.